The number of halogens is 1. The molecule has 1 unspecified atom stereocenters. The Hall–Kier alpha value is -0.790. The molecule has 22 heavy (non-hydrogen) atoms. The van der Waals surface area contributed by atoms with Gasteiger partial charge in [0.05, 0.1) is 6.33 Å². The first kappa shape index (κ1) is 19.3. The highest BCUT2D eigenvalue weighted by molar-refractivity contribution is 14.0. The molecule has 2 rings (SSSR count). The number of guanidine groups is 1. The van der Waals surface area contributed by atoms with Crippen LogP contribution in [0.3, 0.4) is 0 Å². The molecule has 1 fully saturated rings. The molecular weight excluding hydrogens is 389 g/mol. The number of likely N-dealkylation sites (tertiary alicyclic amines) is 1. The van der Waals surface area contributed by atoms with Crippen LogP contribution >= 0.6 is 24.0 Å². The van der Waals surface area contributed by atoms with Gasteiger partial charge in [-0.3, -0.25) is 4.99 Å². The number of nitrogens with zero attached hydrogens (tertiary/aromatic N) is 4. The molecule has 0 radical (unpaired) electrons. The molecular formula is C16H30IN5. The predicted molar refractivity (Wildman–Crippen MR) is 103 cm³/mol. The van der Waals surface area contributed by atoms with Gasteiger partial charge in [0.25, 0.3) is 0 Å². The van der Waals surface area contributed by atoms with Gasteiger partial charge in [-0.1, -0.05) is 20.3 Å². The second-order valence-electron chi connectivity index (χ2n) is 6.36. The van der Waals surface area contributed by atoms with Crippen molar-refractivity contribution in [2.75, 3.05) is 26.7 Å². The van der Waals surface area contributed by atoms with E-state index in [1.54, 1.807) is 0 Å². The van der Waals surface area contributed by atoms with Crippen LogP contribution in [0.25, 0.3) is 0 Å². The Morgan fingerprint density at radius 3 is 2.91 bits per heavy atom. The number of rotatable bonds is 5. The molecule has 1 aliphatic heterocycles. The Bertz CT molecular complexity index is 441. The lowest BCUT2D eigenvalue weighted by Crippen LogP contribution is -2.50. The first-order chi connectivity index (χ1) is 10.2. The maximum Gasteiger partial charge on any atom is 0.193 e. The van der Waals surface area contributed by atoms with Crippen molar-refractivity contribution < 1.29 is 0 Å². The van der Waals surface area contributed by atoms with E-state index >= 15 is 0 Å². The van der Waals surface area contributed by atoms with Crippen LogP contribution in [-0.2, 0) is 6.54 Å². The van der Waals surface area contributed by atoms with E-state index in [2.05, 4.69) is 38.6 Å². The second-order valence-corrected chi connectivity index (χ2v) is 6.36. The average molecular weight is 419 g/mol. The smallest absolute Gasteiger partial charge is 0.193 e. The topological polar surface area (TPSA) is 45.5 Å². The van der Waals surface area contributed by atoms with E-state index in [1.165, 1.54) is 25.7 Å². The van der Waals surface area contributed by atoms with Crippen molar-refractivity contribution in [1.82, 2.24) is 19.8 Å². The monoisotopic (exact) mass is 419 g/mol. The molecule has 1 aromatic heterocycles. The zero-order chi connectivity index (χ0) is 15.1. The van der Waals surface area contributed by atoms with E-state index in [0.717, 1.165) is 32.1 Å². The molecule has 5 nitrogen and oxygen atoms in total. The minimum Gasteiger partial charge on any atom is -0.354 e. The largest absolute Gasteiger partial charge is 0.354 e. The molecule has 1 atom stereocenters. The minimum atomic E-state index is 0. The summed E-state index contributed by atoms with van der Waals surface area (Å²) >= 11 is 0. The standard InChI is InChI=1S/C16H29N5.HI/c1-4-6-16(2)7-5-10-21(13-16)15(17-3)19-9-12-20-11-8-18-14-20;/h8,11,14H,4-7,9-10,12-13H2,1-3H3,(H,17,19);1H. The third kappa shape index (κ3) is 5.44. The molecule has 0 bridgehead atoms. The Labute approximate surface area is 151 Å². The van der Waals surface area contributed by atoms with Crippen LogP contribution in [0.4, 0.5) is 0 Å². The molecule has 1 N–H and O–H groups in total. The van der Waals surface area contributed by atoms with Gasteiger partial charge in [-0.25, -0.2) is 4.98 Å². The summed E-state index contributed by atoms with van der Waals surface area (Å²) in [6.07, 6.45) is 10.8. The van der Waals surface area contributed by atoms with E-state index in [4.69, 9.17) is 0 Å². The highest BCUT2D eigenvalue weighted by Crippen LogP contribution is 2.33. The normalized spacial score (nSPS) is 22.3. The Morgan fingerprint density at radius 1 is 1.45 bits per heavy atom. The summed E-state index contributed by atoms with van der Waals surface area (Å²) in [5, 5.41) is 3.48. The van der Waals surface area contributed by atoms with Crippen molar-refractivity contribution in [2.45, 2.75) is 46.1 Å². The Kier molecular flexibility index (Phi) is 8.20. The fraction of sp³-hybridized carbons (Fsp3) is 0.750. The van der Waals surface area contributed by atoms with Gasteiger partial charge in [0.2, 0.25) is 0 Å². The summed E-state index contributed by atoms with van der Waals surface area (Å²) in [7, 11) is 1.88. The molecule has 0 aliphatic carbocycles. The van der Waals surface area contributed by atoms with E-state index in [1.807, 2.05) is 25.8 Å². The zero-order valence-corrected chi connectivity index (χ0v) is 16.4. The predicted octanol–water partition coefficient (Wildman–Crippen LogP) is 2.98. The quantitative estimate of drug-likeness (QED) is 0.454. The lowest BCUT2D eigenvalue weighted by molar-refractivity contribution is 0.142. The molecule has 126 valence electrons. The van der Waals surface area contributed by atoms with Gasteiger partial charge in [0.1, 0.15) is 0 Å². The minimum absolute atomic E-state index is 0. The van der Waals surface area contributed by atoms with Crippen LogP contribution in [-0.4, -0.2) is 47.1 Å². The summed E-state index contributed by atoms with van der Waals surface area (Å²) < 4.78 is 2.08. The summed E-state index contributed by atoms with van der Waals surface area (Å²) in [5.41, 5.74) is 0.439. The number of hydrogen-bond donors (Lipinski definition) is 1. The van der Waals surface area contributed by atoms with Gasteiger partial charge in [-0.05, 0) is 24.7 Å². The van der Waals surface area contributed by atoms with Gasteiger partial charge >= 0.3 is 0 Å². The first-order valence-electron chi connectivity index (χ1n) is 8.08. The van der Waals surface area contributed by atoms with Crippen molar-refractivity contribution in [3.63, 3.8) is 0 Å². The van der Waals surface area contributed by atoms with Crippen LogP contribution in [0.5, 0.6) is 0 Å². The third-order valence-electron chi connectivity index (χ3n) is 4.36. The SMILES string of the molecule is CCCC1(C)CCCN(C(=NC)NCCn2ccnc2)C1.I. The maximum atomic E-state index is 4.46. The van der Waals surface area contributed by atoms with Crippen molar-refractivity contribution >= 4 is 29.9 Å². The lowest BCUT2D eigenvalue weighted by atomic mass is 9.78. The number of hydrogen-bond acceptors (Lipinski definition) is 2. The van der Waals surface area contributed by atoms with Gasteiger partial charge in [-0.2, -0.15) is 0 Å². The Balaban J connectivity index is 0.00000242. The fourth-order valence-electron chi connectivity index (χ4n) is 3.35. The molecule has 1 saturated heterocycles. The van der Waals surface area contributed by atoms with Gasteiger partial charge in [-0.15, -0.1) is 24.0 Å². The van der Waals surface area contributed by atoms with E-state index in [9.17, 15) is 0 Å². The van der Waals surface area contributed by atoms with Gasteiger partial charge in [0.15, 0.2) is 5.96 Å². The zero-order valence-electron chi connectivity index (χ0n) is 14.1. The van der Waals surface area contributed by atoms with E-state index in [-0.39, 0.29) is 24.0 Å². The molecule has 0 spiro atoms. The molecule has 0 saturated carbocycles. The maximum absolute atomic E-state index is 4.46. The first-order valence-corrected chi connectivity index (χ1v) is 8.08. The van der Waals surface area contributed by atoms with E-state index < -0.39 is 0 Å². The van der Waals surface area contributed by atoms with Crippen LogP contribution < -0.4 is 5.32 Å². The van der Waals surface area contributed by atoms with Crippen LogP contribution in [0.1, 0.15) is 39.5 Å². The lowest BCUT2D eigenvalue weighted by Gasteiger charge is -2.42. The van der Waals surface area contributed by atoms with Crippen LogP contribution in [0.15, 0.2) is 23.7 Å². The van der Waals surface area contributed by atoms with Crippen molar-refractivity contribution in [3.8, 4) is 0 Å². The number of aliphatic imine (C=N–C) groups is 1. The average Bonchev–Trinajstić information content (AvgIpc) is 2.97. The molecule has 1 aromatic rings. The van der Waals surface area contributed by atoms with Gasteiger partial charge in [0, 0.05) is 45.6 Å². The highest BCUT2D eigenvalue weighted by atomic mass is 127. The molecule has 1 aliphatic rings. The van der Waals surface area contributed by atoms with Crippen molar-refractivity contribution in [3.05, 3.63) is 18.7 Å². The molecule has 0 amide bonds. The molecule has 6 heteroatoms. The number of nitrogens with one attached hydrogen (secondary N) is 1. The third-order valence-corrected chi connectivity index (χ3v) is 4.36. The number of piperidine rings is 1. The summed E-state index contributed by atoms with van der Waals surface area (Å²) in [4.78, 5) is 11.0. The van der Waals surface area contributed by atoms with Gasteiger partial charge < -0.3 is 14.8 Å². The summed E-state index contributed by atoms with van der Waals surface area (Å²) in [6, 6.07) is 0. The van der Waals surface area contributed by atoms with Crippen LogP contribution in [0.2, 0.25) is 0 Å². The second kappa shape index (κ2) is 9.37. The summed E-state index contributed by atoms with van der Waals surface area (Å²) in [5.74, 6) is 1.04. The Morgan fingerprint density at radius 2 is 2.27 bits per heavy atom. The summed E-state index contributed by atoms with van der Waals surface area (Å²) in [6.45, 7) is 8.72. The number of imidazole rings is 1. The highest BCUT2D eigenvalue weighted by Gasteiger charge is 2.31. The number of aromatic nitrogens is 2. The fourth-order valence-corrected chi connectivity index (χ4v) is 3.35. The van der Waals surface area contributed by atoms with Crippen molar-refractivity contribution in [1.29, 1.82) is 0 Å². The van der Waals surface area contributed by atoms with Crippen LogP contribution in [0, 0.1) is 5.41 Å². The van der Waals surface area contributed by atoms with Crippen molar-refractivity contribution in [2.24, 2.45) is 10.4 Å². The molecule has 0 aromatic carbocycles. The molecule has 2 heterocycles. The van der Waals surface area contributed by atoms with E-state index in [0.29, 0.717) is 5.41 Å².